The summed E-state index contributed by atoms with van der Waals surface area (Å²) in [6.07, 6.45) is 1.40. The maximum atomic E-state index is 13.0. The molecule has 1 aromatic heterocycles. The molecule has 0 unspecified atom stereocenters. The predicted molar refractivity (Wildman–Crippen MR) is 121 cm³/mol. The van der Waals surface area contributed by atoms with Crippen LogP contribution in [0.25, 0.3) is 11.1 Å². The summed E-state index contributed by atoms with van der Waals surface area (Å²) in [5.41, 5.74) is 4.37. The molecule has 168 valence electrons. The van der Waals surface area contributed by atoms with Crippen molar-refractivity contribution < 1.29 is 26.2 Å². The fourth-order valence-corrected chi connectivity index (χ4v) is 4.20. The zero-order valence-corrected chi connectivity index (χ0v) is 18.5. The van der Waals surface area contributed by atoms with E-state index in [0.29, 0.717) is 16.4 Å². The molecular formula is C22H16FN3O5S2. The van der Waals surface area contributed by atoms with Crippen LogP contribution in [0.2, 0.25) is 0 Å². The third-order valence-corrected chi connectivity index (χ3v) is 6.28. The molecule has 1 N–H and O–H groups in total. The highest BCUT2D eigenvalue weighted by molar-refractivity contribution is 7.99. The van der Waals surface area contributed by atoms with Gasteiger partial charge in [-0.05, 0) is 66.2 Å². The molecule has 0 aliphatic heterocycles. The van der Waals surface area contributed by atoms with Crippen molar-refractivity contribution in [1.82, 2.24) is 10.4 Å². The van der Waals surface area contributed by atoms with E-state index in [0.717, 1.165) is 41.5 Å². The average molecular weight is 486 g/mol. The van der Waals surface area contributed by atoms with Gasteiger partial charge < -0.3 is 8.60 Å². The van der Waals surface area contributed by atoms with E-state index < -0.39 is 15.9 Å². The Hall–Kier alpha value is -3.70. The van der Waals surface area contributed by atoms with Gasteiger partial charge in [-0.15, -0.1) is 0 Å². The van der Waals surface area contributed by atoms with Crippen molar-refractivity contribution >= 4 is 45.1 Å². The summed E-state index contributed by atoms with van der Waals surface area (Å²) in [6.45, 7) is 0. The van der Waals surface area contributed by atoms with Gasteiger partial charge in [0.1, 0.15) is 22.0 Å². The number of nitrogens with one attached hydrogen (secondary N) is 1. The lowest BCUT2D eigenvalue weighted by atomic mass is 10.2. The predicted octanol–water partition coefficient (Wildman–Crippen LogP) is 3.98. The molecule has 0 fully saturated rings. The Kier molecular flexibility index (Phi) is 6.71. The number of amides is 1. The average Bonchev–Trinajstić information content (AvgIpc) is 3.22. The third-order valence-electron chi connectivity index (χ3n) is 4.19. The van der Waals surface area contributed by atoms with Crippen molar-refractivity contribution in [3.05, 3.63) is 84.2 Å². The summed E-state index contributed by atoms with van der Waals surface area (Å²) in [7, 11) is -4.08. The van der Waals surface area contributed by atoms with E-state index in [4.69, 9.17) is 8.60 Å². The molecule has 0 saturated carbocycles. The minimum Gasteiger partial charge on any atom is -0.431 e. The first kappa shape index (κ1) is 22.5. The first-order valence-corrected chi connectivity index (χ1v) is 11.9. The normalized spacial score (nSPS) is 11.7. The van der Waals surface area contributed by atoms with Crippen LogP contribution in [-0.2, 0) is 14.9 Å². The van der Waals surface area contributed by atoms with Gasteiger partial charge in [0, 0.05) is 0 Å². The Labute approximate surface area is 192 Å². The van der Waals surface area contributed by atoms with E-state index in [1.165, 1.54) is 18.3 Å². The summed E-state index contributed by atoms with van der Waals surface area (Å²) < 4.78 is 48.0. The second-order valence-corrected chi connectivity index (χ2v) is 9.06. The molecule has 4 aromatic rings. The van der Waals surface area contributed by atoms with Crippen LogP contribution in [0.5, 0.6) is 5.75 Å². The summed E-state index contributed by atoms with van der Waals surface area (Å²) in [6, 6.07) is 17.6. The van der Waals surface area contributed by atoms with E-state index in [2.05, 4.69) is 15.5 Å². The second kappa shape index (κ2) is 9.84. The van der Waals surface area contributed by atoms with Crippen LogP contribution in [0.15, 0.2) is 92.4 Å². The summed E-state index contributed by atoms with van der Waals surface area (Å²) >= 11 is 1.15. The number of halogens is 1. The van der Waals surface area contributed by atoms with Crippen molar-refractivity contribution in [1.29, 1.82) is 0 Å². The molecule has 4 rings (SSSR count). The van der Waals surface area contributed by atoms with E-state index >= 15 is 0 Å². The van der Waals surface area contributed by atoms with Gasteiger partial charge in [-0.3, -0.25) is 4.79 Å². The first-order valence-electron chi connectivity index (χ1n) is 9.49. The van der Waals surface area contributed by atoms with Crippen LogP contribution in [0, 0.1) is 5.82 Å². The molecule has 33 heavy (non-hydrogen) atoms. The quantitative estimate of drug-likeness (QED) is 0.174. The van der Waals surface area contributed by atoms with Gasteiger partial charge in [-0.25, -0.2) is 14.8 Å². The van der Waals surface area contributed by atoms with Crippen molar-refractivity contribution in [2.24, 2.45) is 5.10 Å². The summed E-state index contributed by atoms with van der Waals surface area (Å²) in [5, 5.41) is 4.26. The molecule has 0 atom stereocenters. The van der Waals surface area contributed by atoms with Gasteiger partial charge in [0.15, 0.2) is 5.58 Å². The molecule has 8 nitrogen and oxygen atoms in total. The maximum Gasteiger partial charge on any atom is 0.339 e. The maximum absolute atomic E-state index is 13.0. The molecule has 0 saturated heterocycles. The van der Waals surface area contributed by atoms with Crippen molar-refractivity contribution in [3.63, 3.8) is 0 Å². The molecule has 3 aromatic carbocycles. The number of oxazole rings is 1. The number of nitrogens with zero attached hydrogens (tertiary/aromatic N) is 2. The van der Waals surface area contributed by atoms with Crippen molar-refractivity contribution in [2.45, 2.75) is 10.1 Å². The lowest BCUT2D eigenvalue weighted by Gasteiger charge is -2.07. The number of thioether (sulfide) groups is 1. The molecule has 0 spiro atoms. The van der Waals surface area contributed by atoms with E-state index in [9.17, 15) is 17.6 Å². The van der Waals surface area contributed by atoms with Crippen molar-refractivity contribution in [2.75, 3.05) is 5.75 Å². The molecule has 0 radical (unpaired) electrons. The lowest BCUT2D eigenvalue weighted by Crippen LogP contribution is -2.19. The Morgan fingerprint density at radius 2 is 1.82 bits per heavy atom. The monoisotopic (exact) mass is 485 g/mol. The van der Waals surface area contributed by atoms with E-state index in [-0.39, 0.29) is 22.3 Å². The minimum atomic E-state index is -4.08. The molecule has 0 aliphatic carbocycles. The highest BCUT2D eigenvalue weighted by Crippen LogP contribution is 2.23. The number of hydrazone groups is 1. The second-order valence-electron chi connectivity index (χ2n) is 6.59. The minimum absolute atomic E-state index is 0.0676. The highest BCUT2D eigenvalue weighted by atomic mass is 32.2. The zero-order valence-electron chi connectivity index (χ0n) is 16.8. The topological polar surface area (TPSA) is 111 Å². The first-order chi connectivity index (χ1) is 15.9. The SMILES string of the molecule is O=C(CSc1nc2ccccc2o1)N/N=C\c1ccc(OS(=O)(=O)c2ccc(F)cc2)cc1. The number of carbonyl (C=O) groups is 1. The highest BCUT2D eigenvalue weighted by Gasteiger charge is 2.16. The summed E-state index contributed by atoms with van der Waals surface area (Å²) in [5.74, 6) is -0.744. The lowest BCUT2D eigenvalue weighted by molar-refractivity contribution is -0.118. The van der Waals surface area contributed by atoms with E-state index in [1.54, 1.807) is 18.2 Å². The van der Waals surface area contributed by atoms with Crippen LogP contribution in [0.3, 0.4) is 0 Å². The zero-order chi connectivity index (χ0) is 23.3. The fourth-order valence-electron chi connectivity index (χ4n) is 2.64. The number of para-hydroxylation sites is 2. The number of hydrogen-bond donors (Lipinski definition) is 1. The number of benzene rings is 3. The van der Waals surface area contributed by atoms with Crippen LogP contribution in [0.1, 0.15) is 5.56 Å². The van der Waals surface area contributed by atoms with Crippen LogP contribution >= 0.6 is 11.8 Å². The van der Waals surface area contributed by atoms with Crippen LogP contribution in [-0.4, -0.2) is 31.3 Å². The Balaban J connectivity index is 1.27. The Morgan fingerprint density at radius 1 is 1.09 bits per heavy atom. The number of fused-ring (bicyclic) bond motifs is 1. The fraction of sp³-hybridized carbons (Fsp3) is 0.0455. The van der Waals surface area contributed by atoms with Gasteiger partial charge in [0.05, 0.1) is 12.0 Å². The largest absolute Gasteiger partial charge is 0.431 e. The van der Waals surface area contributed by atoms with Crippen LogP contribution in [0.4, 0.5) is 4.39 Å². The Bertz CT molecular complexity index is 1370. The standard InChI is InChI=1S/C22H16FN3O5S2/c23-16-7-11-18(12-8-16)33(28,29)31-17-9-5-15(6-10-17)13-24-26-21(27)14-32-22-25-19-3-1-2-4-20(19)30-22/h1-13H,14H2,(H,26,27)/b24-13-. The smallest absolute Gasteiger partial charge is 0.339 e. The van der Waals surface area contributed by atoms with Gasteiger partial charge in [0.25, 0.3) is 11.1 Å². The van der Waals surface area contributed by atoms with Gasteiger partial charge in [-0.1, -0.05) is 23.9 Å². The Morgan fingerprint density at radius 3 is 2.55 bits per heavy atom. The van der Waals surface area contributed by atoms with Crippen molar-refractivity contribution in [3.8, 4) is 5.75 Å². The number of hydrogen-bond acceptors (Lipinski definition) is 8. The third kappa shape index (κ3) is 5.96. The molecule has 0 aliphatic rings. The molecule has 1 heterocycles. The number of carbonyl (C=O) groups excluding carboxylic acids is 1. The van der Waals surface area contributed by atoms with Gasteiger partial charge >= 0.3 is 10.1 Å². The van der Waals surface area contributed by atoms with Gasteiger partial charge in [-0.2, -0.15) is 13.5 Å². The number of rotatable bonds is 8. The molecule has 11 heteroatoms. The summed E-state index contributed by atoms with van der Waals surface area (Å²) in [4.78, 5) is 16.1. The van der Waals surface area contributed by atoms with E-state index in [1.807, 2.05) is 18.2 Å². The molecule has 1 amide bonds. The van der Waals surface area contributed by atoms with Gasteiger partial charge in [0.2, 0.25) is 0 Å². The molecule has 0 bridgehead atoms. The van der Waals surface area contributed by atoms with Crippen LogP contribution < -0.4 is 9.61 Å². The number of aromatic nitrogens is 1. The molecular weight excluding hydrogens is 469 g/mol.